The van der Waals surface area contributed by atoms with Crippen molar-refractivity contribution < 1.29 is 4.79 Å². The van der Waals surface area contributed by atoms with Crippen LogP contribution < -0.4 is 5.32 Å². The van der Waals surface area contributed by atoms with E-state index >= 15 is 0 Å². The van der Waals surface area contributed by atoms with E-state index in [2.05, 4.69) is 59.5 Å². The van der Waals surface area contributed by atoms with Gasteiger partial charge in [0.1, 0.15) is 0 Å². The largest absolute Gasteiger partial charge is 0.325 e. The number of thioether (sulfide) groups is 1. The summed E-state index contributed by atoms with van der Waals surface area (Å²) in [6, 6.07) is 18.2. The molecule has 4 aromatic rings. The molecule has 0 unspecified atom stereocenters. The van der Waals surface area contributed by atoms with Gasteiger partial charge in [-0.05, 0) is 54.2 Å². The van der Waals surface area contributed by atoms with Crippen LogP contribution in [0.5, 0.6) is 0 Å². The number of aryl methyl sites for hydroxylation is 2. The van der Waals surface area contributed by atoms with Crippen LogP contribution >= 0.6 is 11.8 Å². The van der Waals surface area contributed by atoms with Crippen molar-refractivity contribution in [1.82, 2.24) is 19.7 Å². The zero-order valence-electron chi connectivity index (χ0n) is 19.9. The number of amides is 1. The van der Waals surface area contributed by atoms with Gasteiger partial charge in [-0.3, -0.25) is 14.3 Å². The van der Waals surface area contributed by atoms with Gasteiger partial charge in [0.05, 0.1) is 11.4 Å². The predicted molar refractivity (Wildman–Crippen MR) is 139 cm³/mol. The van der Waals surface area contributed by atoms with Crippen LogP contribution in [-0.4, -0.2) is 31.4 Å². The number of para-hydroxylation sites is 2. The average Bonchev–Trinajstić information content (AvgIpc) is 3.28. The van der Waals surface area contributed by atoms with Crippen LogP contribution in [0, 0.1) is 6.92 Å². The first kappa shape index (κ1) is 23.7. The first-order chi connectivity index (χ1) is 16.5. The number of carbonyl (C=O) groups excluding carboxylic acids is 1. The van der Waals surface area contributed by atoms with Gasteiger partial charge < -0.3 is 5.32 Å². The van der Waals surface area contributed by atoms with Crippen molar-refractivity contribution in [2.45, 2.75) is 45.2 Å². The zero-order valence-corrected chi connectivity index (χ0v) is 20.8. The van der Waals surface area contributed by atoms with Gasteiger partial charge in [-0.2, -0.15) is 0 Å². The monoisotopic (exact) mass is 471 g/mol. The Hall–Kier alpha value is -3.45. The van der Waals surface area contributed by atoms with Gasteiger partial charge in [0.15, 0.2) is 11.0 Å². The van der Waals surface area contributed by atoms with Crippen molar-refractivity contribution in [3.05, 3.63) is 83.7 Å². The highest BCUT2D eigenvalue weighted by molar-refractivity contribution is 7.99. The molecule has 4 rings (SSSR count). The summed E-state index contributed by atoms with van der Waals surface area (Å²) in [6.07, 6.45) is 4.38. The van der Waals surface area contributed by atoms with E-state index in [9.17, 15) is 4.79 Å². The lowest BCUT2D eigenvalue weighted by Crippen LogP contribution is -2.16. The first-order valence-electron chi connectivity index (χ1n) is 11.5. The molecule has 34 heavy (non-hydrogen) atoms. The quantitative estimate of drug-likeness (QED) is 0.317. The average molecular weight is 472 g/mol. The molecule has 6 nitrogen and oxygen atoms in total. The molecule has 0 bridgehead atoms. The molecule has 0 aliphatic rings. The topological polar surface area (TPSA) is 72.7 Å². The summed E-state index contributed by atoms with van der Waals surface area (Å²) in [4.78, 5) is 17.2. The molecule has 0 aliphatic carbocycles. The van der Waals surface area contributed by atoms with Crippen molar-refractivity contribution >= 4 is 23.4 Å². The van der Waals surface area contributed by atoms with Gasteiger partial charge in [0.25, 0.3) is 0 Å². The molecule has 2 aromatic heterocycles. The molecule has 0 radical (unpaired) electrons. The maximum Gasteiger partial charge on any atom is 0.234 e. The molecule has 0 saturated heterocycles. The highest BCUT2D eigenvalue weighted by atomic mass is 32.2. The van der Waals surface area contributed by atoms with Crippen molar-refractivity contribution in [3.63, 3.8) is 0 Å². The van der Waals surface area contributed by atoms with Crippen molar-refractivity contribution in [2.75, 3.05) is 11.1 Å². The van der Waals surface area contributed by atoms with Gasteiger partial charge in [-0.1, -0.05) is 68.9 Å². The van der Waals surface area contributed by atoms with Gasteiger partial charge in [-0.15, -0.1) is 10.2 Å². The van der Waals surface area contributed by atoms with E-state index in [4.69, 9.17) is 0 Å². The van der Waals surface area contributed by atoms with E-state index in [1.165, 1.54) is 17.3 Å². The fraction of sp³-hybridized carbons (Fsp3) is 0.259. The third kappa shape index (κ3) is 5.04. The number of benzene rings is 2. The molecule has 174 valence electrons. The second kappa shape index (κ2) is 10.7. The lowest BCUT2D eigenvalue weighted by molar-refractivity contribution is -0.113. The highest BCUT2D eigenvalue weighted by Gasteiger charge is 2.20. The summed E-state index contributed by atoms with van der Waals surface area (Å²) in [5, 5.41) is 12.7. The van der Waals surface area contributed by atoms with Gasteiger partial charge in [0, 0.05) is 23.6 Å². The number of carbonyl (C=O) groups is 1. The molecule has 2 aromatic carbocycles. The molecule has 1 N–H and O–H groups in total. The van der Waals surface area contributed by atoms with Crippen LogP contribution in [0.2, 0.25) is 0 Å². The number of hydrogen-bond donors (Lipinski definition) is 1. The Morgan fingerprint density at radius 2 is 1.88 bits per heavy atom. The molecular weight excluding hydrogens is 442 g/mol. The van der Waals surface area contributed by atoms with Crippen LogP contribution in [0.4, 0.5) is 5.69 Å². The maximum atomic E-state index is 12.9. The van der Waals surface area contributed by atoms with Crippen molar-refractivity contribution in [3.8, 4) is 17.1 Å². The van der Waals surface area contributed by atoms with Crippen LogP contribution in [0.3, 0.4) is 0 Å². The maximum absolute atomic E-state index is 12.9. The second-order valence-electron chi connectivity index (χ2n) is 8.40. The number of hydrogen-bond acceptors (Lipinski definition) is 5. The second-order valence-corrected chi connectivity index (χ2v) is 9.34. The minimum Gasteiger partial charge on any atom is -0.325 e. The van der Waals surface area contributed by atoms with E-state index in [1.807, 2.05) is 47.9 Å². The molecule has 7 heteroatoms. The first-order valence-corrected chi connectivity index (χ1v) is 12.4. The van der Waals surface area contributed by atoms with E-state index < -0.39 is 0 Å². The van der Waals surface area contributed by atoms with E-state index in [0.717, 1.165) is 34.5 Å². The number of anilines is 1. The van der Waals surface area contributed by atoms with Gasteiger partial charge in [0.2, 0.25) is 5.91 Å². The number of pyridine rings is 1. The Kier molecular flexibility index (Phi) is 7.43. The normalized spacial score (nSPS) is 11.1. The molecule has 0 fully saturated rings. The van der Waals surface area contributed by atoms with Crippen LogP contribution in [0.15, 0.2) is 72.1 Å². The third-order valence-electron chi connectivity index (χ3n) is 5.69. The molecule has 1 amide bonds. The van der Waals surface area contributed by atoms with Crippen LogP contribution in [0.1, 0.15) is 43.4 Å². The zero-order chi connectivity index (χ0) is 24.1. The third-order valence-corrected chi connectivity index (χ3v) is 6.62. The Labute approximate surface area is 204 Å². The summed E-state index contributed by atoms with van der Waals surface area (Å²) >= 11 is 1.38. The minimum absolute atomic E-state index is 0.0661. The number of rotatable bonds is 8. The Morgan fingerprint density at radius 1 is 1.06 bits per heavy atom. The Morgan fingerprint density at radius 3 is 2.62 bits per heavy atom. The fourth-order valence-corrected chi connectivity index (χ4v) is 4.69. The molecule has 0 saturated carbocycles. The Bertz CT molecular complexity index is 1280. The number of nitrogens with zero attached hydrogens (tertiary/aromatic N) is 4. The standard InChI is InChI=1S/C27H29N5OS/c1-5-20-11-8-10-19(4)25(20)29-24(33)17-34-27-31-30-26(21-12-9-15-28-16-21)32(27)23-14-7-6-13-22(23)18(2)3/h6-16,18H,5,17H2,1-4H3,(H,29,33). The molecule has 0 aliphatic heterocycles. The number of aromatic nitrogens is 4. The van der Waals surface area contributed by atoms with Crippen LogP contribution in [0.25, 0.3) is 17.1 Å². The smallest absolute Gasteiger partial charge is 0.234 e. The summed E-state index contributed by atoms with van der Waals surface area (Å²) in [7, 11) is 0. The SMILES string of the molecule is CCc1cccc(C)c1NC(=O)CSc1nnc(-c2cccnc2)n1-c1ccccc1C(C)C. The fourth-order valence-electron chi connectivity index (χ4n) is 3.95. The van der Waals surface area contributed by atoms with E-state index in [0.29, 0.717) is 16.9 Å². The van der Waals surface area contributed by atoms with Crippen molar-refractivity contribution in [1.29, 1.82) is 0 Å². The summed E-state index contributed by atoms with van der Waals surface area (Å²) in [5.74, 6) is 1.18. The Balaban J connectivity index is 1.66. The van der Waals surface area contributed by atoms with E-state index in [1.54, 1.807) is 12.4 Å². The predicted octanol–water partition coefficient (Wildman–Crippen LogP) is 6.05. The molecule has 0 atom stereocenters. The lowest BCUT2D eigenvalue weighted by atomic mass is 10.0. The minimum atomic E-state index is -0.0661. The number of nitrogens with one attached hydrogen (secondary N) is 1. The van der Waals surface area contributed by atoms with E-state index in [-0.39, 0.29) is 11.7 Å². The van der Waals surface area contributed by atoms with Gasteiger partial charge >= 0.3 is 0 Å². The van der Waals surface area contributed by atoms with Gasteiger partial charge in [-0.25, -0.2) is 0 Å². The summed E-state index contributed by atoms with van der Waals surface area (Å²) in [5.41, 5.74) is 6.16. The van der Waals surface area contributed by atoms with Crippen LogP contribution in [-0.2, 0) is 11.2 Å². The lowest BCUT2D eigenvalue weighted by Gasteiger charge is -2.17. The molecule has 2 heterocycles. The summed E-state index contributed by atoms with van der Waals surface area (Å²) < 4.78 is 2.04. The molecular formula is C27H29N5OS. The van der Waals surface area contributed by atoms with Crippen molar-refractivity contribution in [2.24, 2.45) is 0 Å². The highest BCUT2D eigenvalue weighted by Crippen LogP contribution is 2.32. The molecule has 0 spiro atoms. The summed E-state index contributed by atoms with van der Waals surface area (Å²) in [6.45, 7) is 8.44.